The van der Waals surface area contributed by atoms with Crippen molar-refractivity contribution in [1.29, 1.82) is 0 Å². The van der Waals surface area contributed by atoms with Crippen molar-refractivity contribution in [1.82, 2.24) is 5.32 Å². The van der Waals surface area contributed by atoms with Crippen LogP contribution in [0.5, 0.6) is 0 Å². The number of carbonyl (C=O) groups excluding carboxylic acids is 1. The number of nitrogens with one attached hydrogen (secondary N) is 2. The van der Waals surface area contributed by atoms with Crippen LogP contribution in [0.3, 0.4) is 0 Å². The third kappa shape index (κ3) is 4.35. The molecule has 1 aromatic carbocycles. The molecule has 1 saturated carbocycles. The molecule has 2 rings (SSSR count). The summed E-state index contributed by atoms with van der Waals surface area (Å²) in [6, 6.07) is 8.00. The first-order valence-corrected chi connectivity index (χ1v) is 7.32. The summed E-state index contributed by atoms with van der Waals surface area (Å²) in [4.78, 5) is 12.1. The van der Waals surface area contributed by atoms with Crippen LogP contribution < -0.4 is 10.6 Å². The molecular formula is C16H24N2O. The van der Waals surface area contributed by atoms with Crippen molar-refractivity contribution in [3.05, 3.63) is 29.8 Å². The van der Waals surface area contributed by atoms with E-state index in [0.29, 0.717) is 12.3 Å². The monoisotopic (exact) mass is 260 g/mol. The van der Waals surface area contributed by atoms with Gasteiger partial charge in [-0.15, -0.1) is 0 Å². The Morgan fingerprint density at radius 1 is 1.21 bits per heavy atom. The molecule has 1 amide bonds. The van der Waals surface area contributed by atoms with Gasteiger partial charge in [0.25, 0.3) is 0 Å². The number of amides is 1. The molecule has 104 valence electrons. The molecule has 0 saturated heterocycles. The highest BCUT2D eigenvalue weighted by atomic mass is 16.1. The van der Waals surface area contributed by atoms with Gasteiger partial charge in [0.1, 0.15) is 0 Å². The largest absolute Gasteiger partial charge is 0.326 e. The summed E-state index contributed by atoms with van der Waals surface area (Å²) < 4.78 is 0. The van der Waals surface area contributed by atoms with E-state index in [0.717, 1.165) is 17.8 Å². The predicted molar refractivity (Wildman–Crippen MR) is 79.0 cm³/mol. The van der Waals surface area contributed by atoms with Crippen LogP contribution in [0, 0.1) is 5.92 Å². The summed E-state index contributed by atoms with van der Waals surface area (Å²) >= 11 is 0. The number of rotatable bonds is 5. The van der Waals surface area contributed by atoms with E-state index in [9.17, 15) is 4.79 Å². The number of carbonyl (C=O) groups is 1. The molecule has 1 aromatic rings. The van der Waals surface area contributed by atoms with E-state index >= 15 is 0 Å². The molecule has 0 heterocycles. The fraction of sp³-hybridized carbons (Fsp3) is 0.562. The quantitative estimate of drug-likeness (QED) is 0.852. The van der Waals surface area contributed by atoms with Crippen molar-refractivity contribution in [2.45, 2.75) is 45.1 Å². The lowest BCUT2D eigenvalue weighted by Gasteiger charge is -2.21. The Morgan fingerprint density at radius 3 is 2.68 bits per heavy atom. The van der Waals surface area contributed by atoms with Gasteiger partial charge in [0.2, 0.25) is 5.91 Å². The highest BCUT2D eigenvalue weighted by Crippen LogP contribution is 2.26. The second-order valence-corrected chi connectivity index (χ2v) is 5.44. The molecule has 1 aliphatic rings. The Bertz CT molecular complexity index is 411. The molecule has 1 fully saturated rings. The van der Waals surface area contributed by atoms with Crippen LogP contribution in [0.15, 0.2) is 24.3 Å². The molecule has 0 bridgehead atoms. The van der Waals surface area contributed by atoms with Crippen LogP contribution in [0.25, 0.3) is 0 Å². The number of hydrogen-bond donors (Lipinski definition) is 2. The minimum Gasteiger partial charge on any atom is -0.326 e. The van der Waals surface area contributed by atoms with Gasteiger partial charge in [0, 0.05) is 18.7 Å². The van der Waals surface area contributed by atoms with Gasteiger partial charge < -0.3 is 10.6 Å². The minimum absolute atomic E-state index is 0.162. The molecule has 0 spiro atoms. The van der Waals surface area contributed by atoms with E-state index in [1.54, 1.807) is 0 Å². The molecule has 0 radical (unpaired) electrons. The van der Waals surface area contributed by atoms with Crippen molar-refractivity contribution >= 4 is 11.6 Å². The van der Waals surface area contributed by atoms with Crippen molar-refractivity contribution in [3.8, 4) is 0 Å². The van der Waals surface area contributed by atoms with Crippen LogP contribution in [0.4, 0.5) is 5.69 Å². The zero-order valence-corrected chi connectivity index (χ0v) is 11.7. The Labute approximate surface area is 115 Å². The summed E-state index contributed by atoms with van der Waals surface area (Å²) in [6.07, 6.45) is 7.01. The Kier molecular flexibility index (Phi) is 5.40. The van der Waals surface area contributed by atoms with Crippen molar-refractivity contribution in [2.24, 2.45) is 5.92 Å². The first-order chi connectivity index (χ1) is 9.29. The average Bonchev–Trinajstić information content (AvgIpc) is 2.42. The fourth-order valence-corrected chi connectivity index (χ4v) is 2.84. The van der Waals surface area contributed by atoms with Crippen LogP contribution in [0.1, 0.15) is 44.1 Å². The molecule has 1 aliphatic carbocycles. The smallest absolute Gasteiger partial charge is 0.224 e. The number of para-hydroxylation sites is 1. The lowest BCUT2D eigenvalue weighted by Crippen LogP contribution is -2.19. The van der Waals surface area contributed by atoms with E-state index in [-0.39, 0.29) is 5.91 Å². The van der Waals surface area contributed by atoms with Gasteiger partial charge in [0.15, 0.2) is 0 Å². The van der Waals surface area contributed by atoms with E-state index in [4.69, 9.17) is 0 Å². The van der Waals surface area contributed by atoms with Gasteiger partial charge in [-0.25, -0.2) is 0 Å². The second-order valence-electron chi connectivity index (χ2n) is 5.44. The molecule has 3 nitrogen and oxygen atoms in total. The predicted octanol–water partition coefficient (Wildman–Crippen LogP) is 3.31. The molecule has 0 unspecified atom stereocenters. The number of benzene rings is 1. The van der Waals surface area contributed by atoms with Gasteiger partial charge >= 0.3 is 0 Å². The van der Waals surface area contributed by atoms with Gasteiger partial charge in [0.05, 0.1) is 0 Å². The van der Waals surface area contributed by atoms with Crippen molar-refractivity contribution in [2.75, 3.05) is 12.4 Å². The third-order valence-electron chi connectivity index (χ3n) is 3.86. The number of anilines is 1. The van der Waals surface area contributed by atoms with Gasteiger partial charge in [-0.3, -0.25) is 4.79 Å². The SMILES string of the molecule is CNCc1ccccc1NC(=O)CC1CCCCC1. The van der Waals surface area contributed by atoms with Crippen LogP contribution in [-0.2, 0) is 11.3 Å². The maximum Gasteiger partial charge on any atom is 0.224 e. The summed E-state index contributed by atoms with van der Waals surface area (Å²) in [5.74, 6) is 0.751. The first kappa shape index (κ1) is 14.1. The molecule has 0 atom stereocenters. The zero-order chi connectivity index (χ0) is 13.5. The lowest BCUT2D eigenvalue weighted by molar-refractivity contribution is -0.117. The highest BCUT2D eigenvalue weighted by Gasteiger charge is 2.17. The zero-order valence-electron chi connectivity index (χ0n) is 11.7. The molecule has 2 N–H and O–H groups in total. The number of hydrogen-bond acceptors (Lipinski definition) is 2. The van der Waals surface area contributed by atoms with Crippen LogP contribution in [0.2, 0.25) is 0 Å². The Balaban J connectivity index is 1.90. The summed E-state index contributed by atoms with van der Waals surface area (Å²) in [6.45, 7) is 0.778. The maximum atomic E-state index is 12.1. The lowest BCUT2D eigenvalue weighted by atomic mass is 9.87. The molecule has 3 heteroatoms. The van der Waals surface area contributed by atoms with Crippen LogP contribution in [-0.4, -0.2) is 13.0 Å². The maximum absolute atomic E-state index is 12.1. The van der Waals surface area contributed by atoms with E-state index in [2.05, 4.69) is 10.6 Å². The third-order valence-corrected chi connectivity index (χ3v) is 3.86. The van der Waals surface area contributed by atoms with Crippen molar-refractivity contribution < 1.29 is 4.79 Å². The minimum atomic E-state index is 0.162. The van der Waals surface area contributed by atoms with Crippen molar-refractivity contribution in [3.63, 3.8) is 0 Å². The summed E-state index contributed by atoms with van der Waals surface area (Å²) in [5, 5.41) is 6.19. The topological polar surface area (TPSA) is 41.1 Å². The normalized spacial score (nSPS) is 16.3. The fourth-order valence-electron chi connectivity index (χ4n) is 2.84. The second kappa shape index (κ2) is 7.29. The van der Waals surface area contributed by atoms with Gasteiger partial charge in [-0.2, -0.15) is 0 Å². The van der Waals surface area contributed by atoms with E-state index in [1.807, 2.05) is 31.3 Å². The average molecular weight is 260 g/mol. The molecule has 0 aliphatic heterocycles. The van der Waals surface area contributed by atoms with E-state index in [1.165, 1.54) is 32.1 Å². The summed E-state index contributed by atoms with van der Waals surface area (Å²) in [7, 11) is 1.92. The Hall–Kier alpha value is -1.35. The van der Waals surface area contributed by atoms with Gasteiger partial charge in [-0.05, 0) is 37.4 Å². The van der Waals surface area contributed by atoms with E-state index < -0.39 is 0 Å². The first-order valence-electron chi connectivity index (χ1n) is 7.32. The molecule has 19 heavy (non-hydrogen) atoms. The summed E-state index contributed by atoms with van der Waals surface area (Å²) in [5.41, 5.74) is 2.08. The molecule has 0 aromatic heterocycles. The Morgan fingerprint density at radius 2 is 1.95 bits per heavy atom. The van der Waals surface area contributed by atoms with Crippen LogP contribution >= 0.6 is 0 Å². The molecular weight excluding hydrogens is 236 g/mol. The van der Waals surface area contributed by atoms with Gasteiger partial charge in [-0.1, -0.05) is 37.5 Å². The standard InChI is InChI=1S/C16H24N2O/c1-17-12-14-9-5-6-10-15(14)18-16(19)11-13-7-3-2-4-8-13/h5-6,9-10,13,17H,2-4,7-8,11-12H2,1H3,(H,18,19). The highest BCUT2D eigenvalue weighted by molar-refractivity contribution is 5.91.